The van der Waals surface area contributed by atoms with Gasteiger partial charge in [0.2, 0.25) is 0 Å². The van der Waals surface area contributed by atoms with Crippen molar-refractivity contribution >= 4 is 27.4 Å². The maximum Gasteiger partial charge on any atom is 0.141 e. The van der Waals surface area contributed by atoms with Gasteiger partial charge in [0.05, 0.1) is 5.39 Å². The molecule has 0 N–H and O–H groups in total. The number of fused-ring (bicyclic) bond motifs is 1. The summed E-state index contributed by atoms with van der Waals surface area (Å²) in [7, 11) is 0. The highest BCUT2D eigenvalue weighted by Crippen LogP contribution is 2.36. The second-order valence-electron chi connectivity index (χ2n) is 6.42. The average molecular weight is 342 g/mol. The first-order valence-corrected chi connectivity index (χ1v) is 9.34. The van der Waals surface area contributed by atoms with Crippen LogP contribution in [0.2, 0.25) is 0 Å². The molecule has 4 heterocycles. The summed E-state index contributed by atoms with van der Waals surface area (Å²) < 4.78 is 2.16. The van der Waals surface area contributed by atoms with Crippen molar-refractivity contribution in [3.8, 4) is 0 Å². The number of piperidine rings is 1. The summed E-state index contributed by atoms with van der Waals surface area (Å²) in [5.74, 6) is 2.59. The number of hydrogen-bond donors (Lipinski definition) is 0. The molecule has 7 heteroatoms. The van der Waals surface area contributed by atoms with Gasteiger partial charge in [-0.1, -0.05) is 0 Å². The summed E-state index contributed by atoms with van der Waals surface area (Å²) in [4.78, 5) is 13.9. The Bertz CT molecular complexity index is 867. The molecule has 6 nitrogen and oxygen atoms in total. The van der Waals surface area contributed by atoms with Gasteiger partial charge in [-0.25, -0.2) is 9.97 Å². The van der Waals surface area contributed by atoms with E-state index in [9.17, 15) is 0 Å². The fourth-order valence-electron chi connectivity index (χ4n) is 3.61. The minimum atomic E-state index is 0.409. The van der Waals surface area contributed by atoms with Gasteiger partial charge >= 0.3 is 0 Å². The molecule has 1 aliphatic rings. The van der Waals surface area contributed by atoms with Crippen LogP contribution >= 0.6 is 11.3 Å². The van der Waals surface area contributed by atoms with Crippen LogP contribution in [0.5, 0.6) is 0 Å². The quantitative estimate of drug-likeness (QED) is 0.731. The molecule has 0 bridgehead atoms. The molecule has 1 atom stereocenters. The van der Waals surface area contributed by atoms with Crippen molar-refractivity contribution < 1.29 is 0 Å². The fraction of sp³-hybridized carbons (Fsp3) is 0.529. The van der Waals surface area contributed by atoms with Crippen LogP contribution in [0, 0.1) is 13.8 Å². The fourth-order valence-corrected chi connectivity index (χ4v) is 4.60. The molecule has 0 aliphatic carbocycles. The van der Waals surface area contributed by atoms with Gasteiger partial charge in [-0.05, 0) is 39.2 Å². The van der Waals surface area contributed by atoms with E-state index in [0.717, 1.165) is 48.9 Å². The summed E-state index contributed by atoms with van der Waals surface area (Å²) in [6.45, 7) is 9.37. The Hall–Kier alpha value is -2.02. The largest absolute Gasteiger partial charge is 0.355 e. The zero-order valence-corrected chi connectivity index (χ0v) is 15.2. The van der Waals surface area contributed by atoms with E-state index in [2.05, 4.69) is 50.4 Å². The average Bonchev–Trinajstić information content (AvgIpc) is 3.20. The molecule has 4 rings (SSSR count). The molecule has 0 unspecified atom stereocenters. The molecule has 3 aromatic heterocycles. The van der Waals surface area contributed by atoms with Crippen LogP contribution in [0.25, 0.3) is 10.2 Å². The van der Waals surface area contributed by atoms with Gasteiger partial charge in [0, 0.05) is 30.4 Å². The lowest BCUT2D eigenvalue weighted by atomic mass is 9.96. The zero-order chi connectivity index (χ0) is 16.7. The molecular weight excluding hydrogens is 320 g/mol. The number of aryl methyl sites for hydroxylation is 3. The molecule has 0 aromatic carbocycles. The van der Waals surface area contributed by atoms with E-state index in [1.807, 2.05) is 6.33 Å². The Labute approximate surface area is 145 Å². The Balaban J connectivity index is 1.70. The van der Waals surface area contributed by atoms with E-state index in [4.69, 9.17) is 0 Å². The number of rotatable bonds is 3. The third kappa shape index (κ3) is 2.47. The number of hydrogen-bond acceptors (Lipinski definition) is 6. The lowest BCUT2D eigenvalue weighted by Gasteiger charge is -2.33. The second-order valence-corrected chi connectivity index (χ2v) is 7.62. The molecule has 1 saturated heterocycles. The van der Waals surface area contributed by atoms with Crippen LogP contribution in [0.1, 0.15) is 41.9 Å². The van der Waals surface area contributed by atoms with Crippen LogP contribution in [0.15, 0.2) is 12.7 Å². The van der Waals surface area contributed by atoms with Gasteiger partial charge in [0.25, 0.3) is 0 Å². The van der Waals surface area contributed by atoms with Crippen molar-refractivity contribution in [3.63, 3.8) is 0 Å². The van der Waals surface area contributed by atoms with E-state index in [1.165, 1.54) is 15.8 Å². The highest BCUT2D eigenvalue weighted by molar-refractivity contribution is 7.18. The Kier molecular flexibility index (Phi) is 3.96. The van der Waals surface area contributed by atoms with Crippen LogP contribution in [-0.2, 0) is 6.54 Å². The molecule has 0 spiro atoms. The molecule has 1 fully saturated rings. The maximum atomic E-state index is 4.64. The molecular formula is C17H22N6S. The lowest BCUT2D eigenvalue weighted by molar-refractivity contribution is 0.471. The number of thiophene rings is 1. The van der Waals surface area contributed by atoms with Gasteiger partial charge in [-0.3, -0.25) is 0 Å². The number of nitrogens with zero attached hydrogens (tertiary/aromatic N) is 6. The van der Waals surface area contributed by atoms with Gasteiger partial charge in [-0.15, -0.1) is 21.5 Å². The smallest absolute Gasteiger partial charge is 0.141 e. The highest BCUT2D eigenvalue weighted by atomic mass is 32.1. The molecule has 0 saturated carbocycles. The molecule has 24 heavy (non-hydrogen) atoms. The van der Waals surface area contributed by atoms with E-state index in [0.29, 0.717) is 5.92 Å². The van der Waals surface area contributed by atoms with E-state index in [1.54, 1.807) is 17.7 Å². The Morgan fingerprint density at radius 2 is 2.17 bits per heavy atom. The second kappa shape index (κ2) is 6.12. The van der Waals surface area contributed by atoms with Crippen molar-refractivity contribution in [1.82, 2.24) is 24.7 Å². The Morgan fingerprint density at radius 1 is 1.29 bits per heavy atom. The predicted molar refractivity (Wildman–Crippen MR) is 96.8 cm³/mol. The normalized spacial score (nSPS) is 18.5. The van der Waals surface area contributed by atoms with E-state index >= 15 is 0 Å². The third-order valence-electron chi connectivity index (χ3n) is 5.02. The minimum Gasteiger partial charge on any atom is -0.355 e. The van der Waals surface area contributed by atoms with Crippen LogP contribution < -0.4 is 4.90 Å². The molecule has 1 aliphatic heterocycles. The van der Waals surface area contributed by atoms with Crippen LogP contribution in [0.3, 0.4) is 0 Å². The topological polar surface area (TPSA) is 59.7 Å². The molecule has 126 valence electrons. The first-order chi connectivity index (χ1) is 11.7. The first-order valence-electron chi connectivity index (χ1n) is 8.52. The lowest BCUT2D eigenvalue weighted by Crippen LogP contribution is -2.36. The van der Waals surface area contributed by atoms with E-state index in [-0.39, 0.29) is 0 Å². The maximum absolute atomic E-state index is 4.64. The van der Waals surface area contributed by atoms with Crippen LogP contribution in [0.4, 0.5) is 5.82 Å². The predicted octanol–water partition coefficient (Wildman–Crippen LogP) is 3.30. The Morgan fingerprint density at radius 3 is 3.00 bits per heavy atom. The van der Waals surface area contributed by atoms with Crippen molar-refractivity contribution in [2.75, 3.05) is 18.0 Å². The molecule has 0 amide bonds. The van der Waals surface area contributed by atoms with E-state index < -0.39 is 0 Å². The number of aromatic nitrogens is 5. The number of anilines is 1. The standard InChI is InChI=1S/C17H22N6S/c1-4-22-10-20-21-15(22)13-6-5-7-23(8-13)16-14-11(2)12(3)24-17(14)19-9-18-16/h9-10,13H,4-8H2,1-3H3/t13-/m1/s1. The van der Waals surface area contributed by atoms with Gasteiger partial charge < -0.3 is 9.47 Å². The van der Waals surface area contributed by atoms with Crippen molar-refractivity contribution in [3.05, 3.63) is 28.9 Å². The zero-order valence-electron chi connectivity index (χ0n) is 14.4. The highest BCUT2D eigenvalue weighted by Gasteiger charge is 2.27. The van der Waals surface area contributed by atoms with Gasteiger partial charge in [-0.2, -0.15) is 0 Å². The third-order valence-corrected chi connectivity index (χ3v) is 6.13. The summed E-state index contributed by atoms with van der Waals surface area (Å²) in [5, 5.41) is 9.70. The summed E-state index contributed by atoms with van der Waals surface area (Å²) in [6.07, 6.45) is 5.84. The summed E-state index contributed by atoms with van der Waals surface area (Å²) >= 11 is 1.76. The minimum absolute atomic E-state index is 0.409. The monoisotopic (exact) mass is 342 g/mol. The first kappa shape index (κ1) is 15.5. The van der Waals surface area contributed by atoms with Gasteiger partial charge in [0.1, 0.15) is 29.1 Å². The van der Waals surface area contributed by atoms with Gasteiger partial charge in [0.15, 0.2) is 0 Å². The van der Waals surface area contributed by atoms with Crippen LogP contribution in [-0.4, -0.2) is 37.8 Å². The molecule has 3 aromatic rings. The SMILES string of the molecule is CCn1cnnc1[C@@H]1CCCN(c2ncnc3sc(C)c(C)c23)C1. The van der Waals surface area contributed by atoms with Crippen molar-refractivity contribution in [2.24, 2.45) is 0 Å². The van der Waals surface area contributed by atoms with Crippen molar-refractivity contribution in [1.29, 1.82) is 0 Å². The van der Waals surface area contributed by atoms with Crippen molar-refractivity contribution in [2.45, 2.75) is 46.1 Å². The summed E-state index contributed by atoms with van der Waals surface area (Å²) in [6, 6.07) is 0. The summed E-state index contributed by atoms with van der Waals surface area (Å²) in [5.41, 5.74) is 1.31. The molecule has 0 radical (unpaired) electrons.